The highest BCUT2D eigenvalue weighted by Gasteiger charge is 2.29. The van der Waals surface area contributed by atoms with E-state index in [0.717, 1.165) is 12.8 Å². The monoisotopic (exact) mass is 209 g/mol. The smallest absolute Gasteiger partial charge is 0.257 e. The largest absolute Gasteiger partial charge is 0.395 e. The highest BCUT2D eigenvalue weighted by atomic mass is 16.3. The van der Waals surface area contributed by atoms with Crippen molar-refractivity contribution in [3.63, 3.8) is 0 Å². The molecule has 0 radical (unpaired) electrons. The number of hydrogen-bond acceptors (Lipinski definition) is 3. The van der Waals surface area contributed by atoms with Crippen molar-refractivity contribution in [3.05, 3.63) is 18.0 Å². The van der Waals surface area contributed by atoms with Gasteiger partial charge in [0.15, 0.2) is 0 Å². The first-order chi connectivity index (χ1) is 7.33. The fourth-order valence-electron chi connectivity index (χ4n) is 1.79. The van der Waals surface area contributed by atoms with Crippen LogP contribution in [0, 0.1) is 0 Å². The molecule has 0 atom stereocenters. The highest BCUT2D eigenvalue weighted by molar-refractivity contribution is 5.93. The van der Waals surface area contributed by atoms with Crippen molar-refractivity contribution in [3.8, 4) is 0 Å². The van der Waals surface area contributed by atoms with E-state index in [4.69, 9.17) is 5.11 Å². The third-order valence-corrected chi connectivity index (χ3v) is 2.86. The Balaban J connectivity index is 2.06. The van der Waals surface area contributed by atoms with Crippen LogP contribution < -0.4 is 0 Å². The maximum absolute atomic E-state index is 12.0. The van der Waals surface area contributed by atoms with Crippen molar-refractivity contribution < 1.29 is 9.90 Å². The summed E-state index contributed by atoms with van der Waals surface area (Å²) in [6, 6.07) is 0.305. The zero-order valence-corrected chi connectivity index (χ0v) is 8.52. The van der Waals surface area contributed by atoms with Crippen LogP contribution in [0.3, 0.4) is 0 Å². The summed E-state index contributed by atoms with van der Waals surface area (Å²) in [5.41, 5.74) is 0.565. The third kappa shape index (κ3) is 2.02. The molecule has 1 aromatic rings. The highest BCUT2D eigenvalue weighted by Crippen LogP contribution is 2.25. The van der Waals surface area contributed by atoms with Crippen molar-refractivity contribution in [1.82, 2.24) is 15.1 Å². The molecule has 2 rings (SSSR count). The van der Waals surface area contributed by atoms with Gasteiger partial charge in [-0.05, 0) is 19.3 Å². The summed E-state index contributed by atoms with van der Waals surface area (Å²) in [6.07, 6.45) is 6.37. The van der Waals surface area contributed by atoms with Crippen molar-refractivity contribution in [1.29, 1.82) is 0 Å². The molecule has 0 aromatic carbocycles. The Bertz CT molecular complexity index is 319. The number of carbonyl (C=O) groups excluding carboxylic acids is 1. The second-order valence-corrected chi connectivity index (χ2v) is 3.79. The van der Waals surface area contributed by atoms with Gasteiger partial charge in [-0.1, -0.05) is 0 Å². The predicted octanol–water partition coefficient (Wildman–Crippen LogP) is 0.397. The van der Waals surface area contributed by atoms with Gasteiger partial charge in [0.2, 0.25) is 0 Å². The van der Waals surface area contributed by atoms with Gasteiger partial charge in [-0.15, -0.1) is 0 Å². The van der Waals surface area contributed by atoms with Crippen LogP contribution in [0.15, 0.2) is 12.4 Å². The number of hydrogen-bond donors (Lipinski definition) is 2. The number of aliphatic hydroxyl groups is 1. The Labute approximate surface area is 88.1 Å². The van der Waals surface area contributed by atoms with Crippen LogP contribution in [-0.4, -0.2) is 45.3 Å². The number of nitrogens with zero attached hydrogens (tertiary/aromatic N) is 2. The summed E-state index contributed by atoms with van der Waals surface area (Å²) in [4.78, 5) is 13.7. The molecule has 0 saturated heterocycles. The Kier molecular flexibility index (Phi) is 3.01. The van der Waals surface area contributed by atoms with Gasteiger partial charge in [0.1, 0.15) is 0 Å². The van der Waals surface area contributed by atoms with Crippen LogP contribution in [0.25, 0.3) is 0 Å². The van der Waals surface area contributed by atoms with E-state index in [1.165, 1.54) is 12.6 Å². The van der Waals surface area contributed by atoms with Crippen LogP contribution in [-0.2, 0) is 0 Å². The molecule has 82 valence electrons. The van der Waals surface area contributed by atoms with Gasteiger partial charge in [0.05, 0.1) is 18.4 Å². The number of aliphatic hydroxyl groups excluding tert-OH is 1. The van der Waals surface area contributed by atoms with Crippen molar-refractivity contribution >= 4 is 5.91 Å². The zero-order valence-electron chi connectivity index (χ0n) is 8.52. The van der Waals surface area contributed by atoms with Crippen molar-refractivity contribution in [2.75, 3.05) is 13.2 Å². The fraction of sp³-hybridized carbons (Fsp3) is 0.600. The fourth-order valence-corrected chi connectivity index (χ4v) is 1.79. The Morgan fingerprint density at radius 3 is 2.93 bits per heavy atom. The lowest BCUT2D eigenvalue weighted by atomic mass is 9.91. The van der Waals surface area contributed by atoms with Crippen LogP contribution in [0.5, 0.6) is 0 Å². The minimum absolute atomic E-state index is 0.0140. The van der Waals surface area contributed by atoms with Crippen LogP contribution in [0.1, 0.15) is 29.6 Å². The minimum Gasteiger partial charge on any atom is -0.395 e. The van der Waals surface area contributed by atoms with E-state index >= 15 is 0 Å². The summed E-state index contributed by atoms with van der Waals surface area (Å²) in [7, 11) is 0. The third-order valence-electron chi connectivity index (χ3n) is 2.86. The number of aromatic nitrogens is 2. The molecule has 5 heteroatoms. The Hall–Kier alpha value is -1.36. The van der Waals surface area contributed by atoms with E-state index in [1.54, 1.807) is 11.1 Å². The van der Waals surface area contributed by atoms with E-state index in [0.29, 0.717) is 18.2 Å². The lowest BCUT2D eigenvalue weighted by Gasteiger charge is -2.37. The molecule has 1 heterocycles. The van der Waals surface area contributed by atoms with Crippen LogP contribution in [0.2, 0.25) is 0 Å². The molecule has 0 bridgehead atoms. The Morgan fingerprint density at radius 1 is 1.67 bits per heavy atom. The molecule has 0 spiro atoms. The maximum Gasteiger partial charge on any atom is 0.257 e. The van der Waals surface area contributed by atoms with Crippen LogP contribution >= 0.6 is 0 Å². The average Bonchev–Trinajstić information content (AvgIpc) is 2.66. The summed E-state index contributed by atoms with van der Waals surface area (Å²) in [6.45, 7) is 0.425. The molecule has 0 unspecified atom stereocenters. The van der Waals surface area contributed by atoms with Gasteiger partial charge in [0, 0.05) is 18.8 Å². The van der Waals surface area contributed by atoms with Gasteiger partial charge in [-0.3, -0.25) is 9.89 Å². The van der Waals surface area contributed by atoms with Crippen molar-refractivity contribution in [2.24, 2.45) is 0 Å². The molecule has 1 amide bonds. The molecule has 1 aliphatic carbocycles. The van der Waals surface area contributed by atoms with Crippen molar-refractivity contribution in [2.45, 2.75) is 25.3 Å². The average molecular weight is 209 g/mol. The molecular weight excluding hydrogens is 194 g/mol. The van der Waals surface area contributed by atoms with E-state index < -0.39 is 0 Å². The quantitative estimate of drug-likeness (QED) is 0.754. The van der Waals surface area contributed by atoms with Crippen LogP contribution in [0.4, 0.5) is 0 Å². The molecule has 1 aliphatic rings. The molecule has 15 heavy (non-hydrogen) atoms. The van der Waals surface area contributed by atoms with E-state index in [2.05, 4.69) is 10.2 Å². The first kappa shape index (κ1) is 10.2. The molecule has 1 fully saturated rings. The number of rotatable bonds is 4. The Morgan fingerprint density at radius 2 is 2.47 bits per heavy atom. The first-order valence-corrected chi connectivity index (χ1v) is 5.23. The number of aromatic amines is 1. The van der Waals surface area contributed by atoms with Gasteiger partial charge in [0.25, 0.3) is 5.91 Å². The lowest BCUT2D eigenvalue weighted by Crippen LogP contribution is -2.45. The zero-order chi connectivity index (χ0) is 10.7. The molecule has 1 saturated carbocycles. The van der Waals surface area contributed by atoms with Gasteiger partial charge >= 0.3 is 0 Å². The normalized spacial score (nSPS) is 16.1. The number of H-pyrrole nitrogens is 1. The maximum atomic E-state index is 12.0. The van der Waals surface area contributed by atoms with E-state index in [9.17, 15) is 4.79 Å². The first-order valence-electron chi connectivity index (χ1n) is 5.23. The van der Waals surface area contributed by atoms with E-state index in [1.807, 2.05) is 0 Å². The SMILES string of the molecule is O=C(c1cn[nH]c1)N(CCO)C1CCC1. The minimum atomic E-state index is -0.0394. The molecule has 0 aliphatic heterocycles. The number of carbonyl (C=O) groups is 1. The molecular formula is C10H15N3O2. The molecule has 5 nitrogen and oxygen atoms in total. The molecule has 1 aromatic heterocycles. The van der Waals surface area contributed by atoms with E-state index in [-0.39, 0.29) is 12.5 Å². The van der Waals surface area contributed by atoms with Gasteiger partial charge < -0.3 is 10.0 Å². The number of nitrogens with one attached hydrogen (secondary N) is 1. The summed E-state index contributed by atoms with van der Waals surface area (Å²) in [5.74, 6) is -0.0394. The summed E-state index contributed by atoms with van der Waals surface area (Å²) >= 11 is 0. The molecule has 2 N–H and O–H groups in total. The number of amides is 1. The standard InChI is InChI=1S/C10H15N3O2/c14-5-4-13(9-2-1-3-9)10(15)8-6-11-12-7-8/h6-7,9,14H,1-5H2,(H,11,12). The summed E-state index contributed by atoms with van der Waals surface area (Å²) in [5, 5.41) is 15.3. The second kappa shape index (κ2) is 4.44. The topological polar surface area (TPSA) is 69.2 Å². The second-order valence-electron chi connectivity index (χ2n) is 3.79. The van der Waals surface area contributed by atoms with Gasteiger partial charge in [-0.2, -0.15) is 5.10 Å². The van der Waals surface area contributed by atoms with Gasteiger partial charge in [-0.25, -0.2) is 0 Å². The lowest BCUT2D eigenvalue weighted by molar-refractivity contribution is 0.0526. The summed E-state index contributed by atoms with van der Waals surface area (Å²) < 4.78 is 0. The predicted molar refractivity (Wildman–Crippen MR) is 54.3 cm³/mol.